The highest BCUT2D eigenvalue weighted by Gasteiger charge is 2.10. The summed E-state index contributed by atoms with van der Waals surface area (Å²) in [6, 6.07) is 12.5. The second kappa shape index (κ2) is 5.35. The van der Waals surface area contributed by atoms with Gasteiger partial charge in [0.2, 0.25) is 0 Å². The minimum atomic E-state index is 0.481. The lowest BCUT2D eigenvalue weighted by atomic mass is 9.98. The predicted molar refractivity (Wildman–Crippen MR) is 84.1 cm³/mol. The molecule has 2 aromatic carbocycles. The van der Waals surface area contributed by atoms with Crippen molar-refractivity contribution < 1.29 is 0 Å². The SMILES string of the molecule is Cc1ccc(Nc2c(C)cccc2C(C)C)c(N)c1. The first-order valence-corrected chi connectivity index (χ1v) is 6.71. The third kappa shape index (κ3) is 2.90. The number of nitrogen functional groups attached to an aromatic ring is 1. The zero-order chi connectivity index (χ0) is 14.0. The van der Waals surface area contributed by atoms with Crippen molar-refractivity contribution in [2.24, 2.45) is 0 Å². The molecule has 100 valence electrons. The molecule has 0 aliphatic carbocycles. The first-order chi connectivity index (χ1) is 8.99. The van der Waals surface area contributed by atoms with E-state index in [0.717, 1.165) is 11.4 Å². The number of hydrogen-bond acceptors (Lipinski definition) is 2. The third-order valence-electron chi connectivity index (χ3n) is 3.39. The molecule has 0 aromatic heterocycles. The first-order valence-electron chi connectivity index (χ1n) is 6.71. The van der Waals surface area contributed by atoms with Gasteiger partial charge in [-0.25, -0.2) is 0 Å². The summed E-state index contributed by atoms with van der Waals surface area (Å²) in [7, 11) is 0. The second-order valence-corrected chi connectivity index (χ2v) is 5.41. The molecule has 0 aliphatic heterocycles. The van der Waals surface area contributed by atoms with Crippen molar-refractivity contribution in [3.8, 4) is 0 Å². The van der Waals surface area contributed by atoms with Crippen molar-refractivity contribution in [1.82, 2.24) is 0 Å². The van der Waals surface area contributed by atoms with Crippen LogP contribution in [0.5, 0.6) is 0 Å². The van der Waals surface area contributed by atoms with E-state index < -0.39 is 0 Å². The van der Waals surface area contributed by atoms with E-state index in [4.69, 9.17) is 5.73 Å². The van der Waals surface area contributed by atoms with Crippen molar-refractivity contribution in [2.45, 2.75) is 33.6 Å². The maximum Gasteiger partial charge on any atom is 0.0618 e. The van der Waals surface area contributed by atoms with Gasteiger partial charge in [-0.15, -0.1) is 0 Å². The summed E-state index contributed by atoms with van der Waals surface area (Å²) in [5.41, 5.74) is 12.8. The molecule has 0 atom stereocenters. The fourth-order valence-corrected chi connectivity index (χ4v) is 2.27. The van der Waals surface area contributed by atoms with E-state index in [-0.39, 0.29) is 0 Å². The molecular formula is C17H22N2. The normalized spacial score (nSPS) is 10.8. The van der Waals surface area contributed by atoms with Gasteiger partial charge in [-0.3, -0.25) is 0 Å². The van der Waals surface area contributed by atoms with Crippen molar-refractivity contribution in [3.63, 3.8) is 0 Å². The van der Waals surface area contributed by atoms with Crippen LogP contribution in [0.2, 0.25) is 0 Å². The maximum atomic E-state index is 6.08. The summed E-state index contributed by atoms with van der Waals surface area (Å²) < 4.78 is 0. The Bertz CT molecular complexity index is 586. The largest absolute Gasteiger partial charge is 0.397 e. The molecular weight excluding hydrogens is 232 g/mol. The third-order valence-corrected chi connectivity index (χ3v) is 3.39. The summed E-state index contributed by atoms with van der Waals surface area (Å²) in [6.45, 7) is 8.59. The van der Waals surface area contributed by atoms with Gasteiger partial charge in [0, 0.05) is 5.69 Å². The minimum Gasteiger partial charge on any atom is -0.397 e. The van der Waals surface area contributed by atoms with Gasteiger partial charge in [0.15, 0.2) is 0 Å². The van der Waals surface area contributed by atoms with E-state index in [0.29, 0.717) is 5.92 Å². The van der Waals surface area contributed by atoms with Crippen LogP contribution in [-0.2, 0) is 0 Å². The number of aryl methyl sites for hydroxylation is 2. The number of hydrogen-bond donors (Lipinski definition) is 2. The van der Waals surface area contributed by atoms with Crippen LogP contribution in [-0.4, -0.2) is 0 Å². The topological polar surface area (TPSA) is 38.0 Å². The zero-order valence-corrected chi connectivity index (χ0v) is 12.1. The molecule has 2 rings (SSSR count). The highest BCUT2D eigenvalue weighted by molar-refractivity contribution is 5.76. The number of nitrogens with one attached hydrogen (secondary N) is 1. The van der Waals surface area contributed by atoms with Gasteiger partial charge in [0.1, 0.15) is 0 Å². The smallest absolute Gasteiger partial charge is 0.0618 e. The van der Waals surface area contributed by atoms with Gasteiger partial charge >= 0.3 is 0 Å². The lowest BCUT2D eigenvalue weighted by molar-refractivity contribution is 0.867. The molecule has 3 N–H and O–H groups in total. The van der Waals surface area contributed by atoms with E-state index in [1.165, 1.54) is 22.4 Å². The monoisotopic (exact) mass is 254 g/mol. The van der Waals surface area contributed by atoms with Gasteiger partial charge < -0.3 is 11.1 Å². The average Bonchev–Trinajstić information content (AvgIpc) is 2.34. The van der Waals surface area contributed by atoms with Gasteiger partial charge in [-0.05, 0) is 48.6 Å². The Morgan fingerprint density at radius 3 is 2.42 bits per heavy atom. The van der Waals surface area contributed by atoms with E-state index >= 15 is 0 Å². The molecule has 0 fully saturated rings. The summed E-state index contributed by atoms with van der Waals surface area (Å²) in [6.07, 6.45) is 0. The summed E-state index contributed by atoms with van der Waals surface area (Å²) in [5, 5.41) is 3.49. The fourth-order valence-electron chi connectivity index (χ4n) is 2.27. The molecule has 0 bridgehead atoms. The summed E-state index contributed by atoms with van der Waals surface area (Å²) in [4.78, 5) is 0. The molecule has 0 unspecified atom stereocenters. The highest BCUT2D eigenvalue weighted by atomic mass is 14.9. The van der Waals surface area contributed by atoms with Crippen molar-refractivity contribution in [1.29, 1.82) is 0 Å². The molecule has 2 aromatic rings. The molecule has 2 nitrogen and oxygen atoms in total. The molecule has 19 heavy (non-hydrogen) atoms. The van der Waals surface area contributed by atoms with Crippen LogP contribution in [0.4, 0.5) is 17.1 Å². The van der Waals surface area contributed by atoms with Crippen molar-refractivity contribution >= 4 is 17.1 Å². The van der Waals surface area contributed by atoms with Crippen LogP contribution in [0.15, 0.2) is 36.4 Å². The molecule has 0 heterocycles. The molecule has 0 saturated carbocycles. The van der Waals surface area contributed by atoms with E-state index in [9.17, 15) is 0 Å². The molecule has 2 heteroatoms. The molecule has 0 spiro atoms. The molecule has 0 radical (unpaired) electrons. The first kappa shape index (κ1) is 13.5. The fraction of sp³-hybridized carbons (Fsp3) is 0.294. The standard InChI is InChI=1S/C17H22N2/c1-11(2)14-7-5-6-13(4)17(14)19-16-9-8-12(3)10-15(16)18/h5-11,19H,18H2,1-4H3. The maximum absolute atomic E-state index is 6.08. The van der Waals surface area contributed by atoms with Gasteiger partial charge in [-0.2, -0.15) is 0 Å². The van der Waals surface area contributed by atoms with Crippen LogP contribution in [0.25, 0.3) is 0 Å². The number of benzene rings is 2. The van der Waals surface area contributed by atoms with Gasteiger partial charge in [-0.1, -0.05) is 38.1 Å². The Morgan fingerprint density at radius 2 is 1.79 bits per heavy atom. The van der Waals surface area contributed by atoms with Crippen LogP contribution < -0.4 is 11.1 Å². The van der Waals surface area contributed by atoms with Crippen LogP contribution >= 0.6 is 0 Å². The van der Waals surface area contributed by atoms with Crippen LogP contribution in [0.1, 0.15) is 36.5 Å². The molecule has 0 amide bonds. The number of anilines is 3. The molecule has 0 saturated heterocycles. The van der Waals surface area contributed by atoms with E-state index in [2.05, 4.69) is 50.4 Å². The van der Waals surface area contributed by atoms with E-state index in [1.54, 1.807) is 0 Å². The Labute approximate surface area is 115 Å². The summed E-state index contributed by atoms with van der Waals surface area (Å²) >= 11 is 0. The van der Waals surface area contributed by atoms with Crippen LogP contribution in [0.3, 0.4) is 0 Å². The van der Waals surface area contributed by atoms with E-state index in [1.807, 2.05) is 19.1 Å². The number of nitrogens with two attached hydrogens (primary N) is 1. The Hall–Kier alpha value is -1.96. The van der Waals surface area contributed by atoms with Crippen molar-refractivity contribution in [2.75, 3.05) is 11.1 Å². The van der Waals surface area contributed by atoms with Gasteiger partial charge in [0.05, 0.1) is 11.4 Å². The number of para-hydroxylation sites is 1. The predicted octanol–water partition coefficient (Wildman–Crippen LogP) is 4.75. The van der Waals surface area contributed by atoms with Crippen molar-refractivity contribution in [3.05, 3.63) is 53.1 Å². The number of rotatable bonds is 3. The lowest BCUT2D eigenvalue weighted by Gasteiger charge is -2.18. The summed E-state index contributed by atoms with van der Waals surface area (Å²) in [5.74, 6) is 0.481. The Morgan fingerprint density at radius 1 is 1.05 bits per heavy atom. The van der Waals surface area contributed by atoms with Crippen LogP contribution in [0, 0.1) is 13.8 Å². The van der Waals surface area contributed by atoms with Gasteiger partial charge in [0.25, 0.3) is 0 Å². The zero-order valence-electron chi connectivity index (χ0n) is 12.1. The quantitative estimate of drug-likeness (QED) is 0.775. The Balaban J connectivity index is 2.43. The Kier molecular flexibility index (Phi) is 3.79. The minimum absolute atomic E-state index is 0.481. The average molecular weight is 254 g/mol. The lowest BCUT2D eigenvalue weighted by Crippen LogP contribution is -2.02. The second-order valence-electron chi connectivity index (χ2n) is 5.41. The molecule has 0 aliphatic rings. The highest BCUT2D eigenvalue weighted by Crippen LogP contribution is 2.32.